The van der Waals surface area contributed by atoms with Crippen LogP contribution >= 0.6 is 23.7 Å². The van der Waals surface area contributed by atoms with Crippen molar-refractivity contribution in [3.8, 4) is 16.2 Å². The van der Waals surface area contributed by atoms with E-state index in [0.717, 1.165) is 51.4 Å². The molecule has 0 aliphatic carbocycles. The molecule has 1 aliphatic heterocycles. The fourth-order valence-corrected chi connectivity index (χ4v) is 5.15. The maximum Gasteiger partial charge on any atom is 0.146 e. The van der Waals surface area contributed by atoms with E-state index in [0.29, 0.717) is 11.9 Å². The van der Waals surface area contributed by atoms with Gasteiger partial charge < -0.3 is 20.4 Å². The Morgan fingerprint density at radius 2 is 2.14 bits per heavy atom. The Morgan fingerprint density at radius 3 is 2.89 bits per heavy atom. The molecule has 8 heteroatoms. The minimum absolute atomic E-state index is 0. The molecule has 1 aliphatic rings. The van der Waals surface area contributed by atoms with Crippen LogP contribution in [0.4, 0.5) is 5.82 Å². The number of benzene rings is 1. The lowest BCUT2D eigenvalue weighted by Gasteiger charge is -2.11. The molecule has 6 nitrogen and oxygen atoms in total. The van der Waals surface area contributed by atoms with Crippen LogP contribution in [0.25, 0.3) is 31.6 Å². The lowest BCUT2D eigenvalue weighted by atomic mass is 10.1. The number of halogens is 1. The van der Waals surface area contributed by atoms with E-state index in [4.69, 9.17) is 10.5 Å². The van der Waals surface area contributed by atoms with Crippen molar-refractivity contribution in [1.82, 2.24) is 19.9 Å². The van der Waals surface area contributed by atoms with E-state index in [1.54, 1.807) is 24.8 Å². The van der Waals surface area contributed by atoms with Crippen molar-refractivity contribution in [1.29, 1.82) is 0 Å². The molecule has 0 spiro atoms. The molecule has 0 saturated carbocycles. The normalized spacial score (nSPS) is 16.6. The number of hydrogen-bond acceptors (Lipinski definition) is 6. The highest BCUT2D eigenvalue weighted by molar-refractivity contribution is 7.22. The average Bonchev–Trinajstić information content (AvgIpc) is 3.38. The van der Waals surface area contributed by atoms with E-state index in [1.165, 1.54) is 10.9 Å². The first kappa shape index (κ1) is 19.0. The molecule has 1 unspecified atom stereocenters. The highest BCUT2D eigenvalue weighted by Crippen LogP contribution is 2.43. The maximum absolute atomic E-state index is 6.28. The molecule has 0 radical (unpaired) electrons. The van der Waals surface area contributed by atoms with Gasteiger partial charge in [-0.1, -0.05) is 6.07 Å². The first-order valence-electron chi connectivity index (χ1n) is 9.06. The van der Waals surface area contributed by atoms with Crippen molar-refractivity contribution in [2.75, 3.05) is 25.9 Å². The molecule has 0 bridgehead atoms. The summed E-state index contributed by atoms with van der Waals surface area (Å²) in [4.78, 5) is 9.97. The fourth-order valence-electron chi connectivity index (χ4n) is 4.00. The molecule has 1 atom stereocenters. The third kappa shape index (κ3) is 2.90. The smallest absolute Gasteiger partial charge is 0.146 e. The predicted molar refractivity (Wildman–Crippen MR) is 118 cm³/mol. The van der Waals surface area contributed by atoms with E-state index >= 15 is 0 Å². The lowest BCUT2D eigenvalue weighted by molar-refractivity contribution is 0.420. The van der Waals surface area contributed by atoms with E-state index in [1.807, 2.05) is 0 Å². The van der Waals surface area contributed by atoms with Crippen molar-refractivity contribution in [2.45, 2.75) is 19.4 Å². The lowest BCUT2D eigenvalue weighted by Crippen LogP contribution is -2.13. The molecule has 4 aromatic rings. The number of ether oxygens (including phenoxy) is 1. The number of methoxy groups -OCH3 is 1. The van der Waals surface area contributed by atoms with Crippen LogP contribution in [0, 0.1) is 6.92 Å². The second-order valence-corrected chi connectivity index (χ2v) is 8.10. The van der Waals surface area contributed by atoms with Crippen LogP contribution in [0.15, 0.2) is 30.7 Å². The summed E-state index contributed by atoms with van der Waals surface area (Å²) in [7, 11) is 1.72. The van der Waals surface area contributed by atoms with Gasteiger partial charge in [0.15, 0.2) is 0 Å². The third-order valence-electron chi connectivity index (χ3n) is 5.28. The topological polar surface area (TPSA) is 78.0 Å². The standard InChI is InChI=1S/C20H21N5OS.ClH/c1-11-5-12-7-16(27-18(12)15(6-11)26-2)14-9-25(13-3-4-22-8-13)20-17(14)19(21)23-10-24-20;/h5-7,9-10,13,22H,3-4,8H2,1-2H3,(H2,21,23,24);1H. The molecule has 28 heavy (non-hydrogen) atoms. The zero-order valence-electron chi connectivity index (χ0n) is 15.7. The Bertz CT molecular complexity index is 1160. The molecule has 5 rings (SSSR count). The molecule has 3 aromatic heterocycles. The first-order valence-corrected chi connectivity index (χ1v) is 9.87. The summed E-state index contributed by atoms with van der Waals surface area (Å²) in [6, 6.07) is 6.88. The van der Waals surface area contributed by atoms with Crippen molar-refractivity contribution >= 4 is 50.7 Å². The minimum Gasteiger partial charge on any atom is -0.495 e. The van der Waals surface area contributed by atoms with Gasteiger partial charge in [0.1, 0.15) is 23.5 Å². The van der Waals surface area contributed by atoms with Gasteiger partial charge in [-0.15, -0.1) is 23.7 Å². The highest BCUT2D eigenvalue weighted by atomic mass is 35.5. The van der Waals surface area contributed by atoms with Crippen molar-refractivity contribution in [3.63, 3.8) is 0 Å². The number of aryl methyl sites for hydroxylation is 1. The molecular weight excluding hydrogens is 394 g/mol. The number of hydrogen-bond donors (Lipinski definition) is 2. The van der Waals surface area contributed by atoms with Gasteiger partial charge in [-0.3, -0.25) is 0 Å². The van der Waals surface area contributed by atoms with Crippen molar-refractivity contribution < 1.29 is 4.74 Å². The Labute approximate surface area is 173 Å². The number of aromatic nitrogens is 3. The largest absolute Gasteiger partial charge is 0.495 e. The summed E-state index contributed by atoms with van der Waals surface area (Å²) in [5.74, 6) is 1.44. The van der Waals surface area contributed by atoms with Gasteiger partial charge in [0.25, 0.3) is 0 Å². The van der Waals surface area contributed by atoms with Crippen LogP contribution < -0.4 is 15.8 Å². The van der Waals surface area contributed by atoms with Gasteiger partial charge in [-0.05, 0) is 43.0 Å². The van der Waals surface area contributed by atoms with Gasteiger partial charge in [-0.25, -0.2) is 9.97 Å². The molecule has 146 valence electrons. The average molecular weight is 416 g/mol. The van der Waals surface area contributed by atoms with Crippen LogP contribution in [-0.2, 0) is 0 Å². The van der Waals surface area contributed by atoms with E-state index < -0.39 is 0 Å². The predicted octanol–water partition coefficient (Wildman–Crippen LogP) is 4.17. The van der Waals surface area contributed by atoms with Crippen LogP contribution in [0.1, 0.15) is 18.0 Å². The van der Waals surface area contributed by atoms with Gasteiger partial charge in [-0.2, -0.15) is 0 Å². The van der Waals surface area contributed by atoms with Crippen molar-refractivity contribution in [2.24, 2.45) is 0 Å². The summed E-state index contributed by atoms with van der Waals surface area (Å²) in [5.41, 5.74) is 9.47. The number of thiophene rings is 1. The second-order valence-electron chi connectivity index (χ2n) is 7.05. The number of nitrogen functional groups attached to an aromatic ring is 1. The summed E-state index contributed by atoms with van der Waals surface area (Å²) < 4.78 is 9.01. The maximum atomic E-state index is 6.28. The van der Waals surface area contributed by atoms with Crippen LogP contribution in [0.5, 0.6) is 5.75 Å². The SMILES string of the molecule is COc1cc(C)cc2cc(-c3cn(C4CCNC4)c4ncnc(N)c34)sc12.Cl. The van der Waals surface area contributed by atoms with Crippen LogP contribution in [0.3, 0.4) is 0 Å². The van der Waals surface area contributed by atoms with E-state index in [-0.39, 0.29) is 12.4 Å². The molecule has 1 saturated heterocycles. The van der Waals surface area contributed by atoms with Crippen LogP contribution in [-0.4, -0.2) is 34.7 Å². The first-order chi connectivity index (χ1) is 13.2. The molecular formula is C20H22ClN5OS. The second kappa shape index (κ2) is 7.24. The molecule has 1 fully saturated rings. The number of anilines is 1. The number of nitrogens with two attached hydrogens (primary N) is 1. The van der Waals surface area contributed by atoms with Gasteiger partial charge >= 0.3 is 0 Å². The Hall–Kier alpha value is -2.35. The number of fused-ring (bicyclic) bond motifs is 2. The van der Waals surface area contributed by atoms with Crippen molar-refractivity contribution in [3.05, 3.63) is 36.3 Å². The van der Waals surface area contributed by atoms with E-state index in [2.05, 4.69) is 51.2 Å². The van der Waals surface area contributed by atoms with Gasteiger partial charge in [0, 0.05) is 29.2 Å². The summed E-state index contributed by atoms with van der Waals surface area (Å²) in [6.45, 7) is 4.07. The third-order valence-corrected chi connectivity index (χ3v) is 6.48. The zero-order valence-corrected chi connectivity index (χ0v) is 17.4. The minimum atomic E-state index is 0. The quantitative estimate of drug-likeness (QED) is 0.525. The van der Waals surface area contributed by atoms with Gasteiger partial charge in [0.05, 0.1) is 17.2 Å². The Balaban J connectivity index is 0.00000192. The monoisotopic (exact) mass is 415 g/mol. The number of nitrogens with one attached hydrogen (secondary N) is 1. The molecule has 4 heterocycles. The summed E-state index contributed by atoms with van der Waals surface area (Å²) >= 11 is 1.72. The number of rotatable bonds is 3. The summed E-state index contributed by atoms with van der Waals surface area (Å²) in [6.07, 6.45) is 4.83. The molecule has 0 amide bonds. The fraction of sp³-hybridized carbons (Fsp3) is 0.300. The Morgan fingerprint density at radius 1 is 1.29 bits per heavy atom. The van der Waals surface area contributed by atoms with E-state index in [9.17, 15) is 0 Å². The summed E-state index contributed by atoms with van der Waals surface area (Å²) in [5, 5.41) is 5.56. The van der Waals surface area contributed by atoms with Crippen LogP contribution in [0.2, 0.25) is 0 Å². The van der Waals surface area contributed by atoms with Gasteiger partial charge in [0.2, 0.25) is 0 Å². The number of nitrogens with zero attached hydrogens (tertiary/aromatic N) is 3. The highest BCUT2D eigenvalue weighted by Gasteiger charge is 2.23. The zero-order chi connectivity index (χ0) is 18.5. The molecule has 1 aromatic carbocycles. The Kier molecular flexibility index (Phi) is 4.91. The molecule has 3 N–H and O–H groups in total.